The van der Waals surface area contributed by atoms with Gasteiger partial charge in [-0.15, -0.1) is 0 Å². The Morgan fingerprint density at radius 1 is 0.933 bits per heavy atom. The smallest absolute Gasteiger partial charge is 0.213 e. The Balaban J connectivity index is 1.52. The Hall–Kier alpha value is -2.76. The van der Waals surface area contributed by atoms with E-state index >= 15 is 0 Å². The zero-order chi connectivity index (χ0) is 21.0. The van der Waals surface area contributed by atoms with Gasteiger partial charge in [-0.2, -0.15) is 0 Å². The molecule has 0 aliphatic heterocycles. The van der Waals surface area contributed by atoms with E-state index in [9.17, 15) is 0 Å². The Morgan fingerprint density at radius 3 is 2.57 bits per heavy atom. The summed E-state index contributed by atoms with van der Waals surface area (Å²) in [6, 6.07) is 19.3. The van der Waals surface area contributed by atoms with Crippen molar-refractivity contribution in [3.63, 3.8) is 0 Å². The summed E-state index contributed by atoms with van der Waals surface area (Å²) in [6.45, 7) is 5.12. The Bertz CT molecular complexity index is 889. The predicted octanol–water partition coefficient (Wildman–Crippen LogP) is 5.27. The van der Waals surface area contributed by atoms with Gasteiger partial charge in [-0.25, -0.2) is 4.98 Å². The molecule has 1 aromatic heterocycles. The molecule has 0 saturated heterocycles. The SMILES string of the molecule is CCOc1cccc(CNCCCOc2ccccn2)c1OCc1ccc(Cl)cc1. The molecule has 0 amide bonds. The van der Waals surface area contributed by atoms with E-state index in [1.54, 1.807) is 6.20 Å². The predicted molar refractivity (Wildman–Crippen MR) is 119 cm³/mol. The Morgan fingerprint density at radius 2 is 1.80 bits per heavy atom. The van der Waals surface area contributed by atoms with Crippen LogP contribution in [0.1, 0.15) is 24.5 Å². The van der Waals surface area contributed by atoms with Crippen molar-refractivity contribution in [2.45, 2.75) is 26.5 Å². The first kappa shape index (κ1) is 21.9. The highest BCUT2D eigenvalue weighted by atomic mass is 35.5. The second-order valence-electron chi connectivity index (χ2n) is 6.64. The number of ether oxygens (including phenoxy) is 3. The summed E-state index contributed by atoms with van der Waals surface area (Å²) < 4.78 is 17.5. The van der Waals surface area contributed by atoms with Crippen LogP contribution in [0.3, 0.4) is 0 Å². The lowest BCUT2D eigenvalue weighted by molar-refractivity contribution is 0.265. The van der Waals surface area contributed by atoms with Gasteiger partial charge in [-0.05, 0) is 49.7 Å². The average Bonchev–Trinajstić information content (AvgIpc) is 2.77. The third-order valence-corrected chi connectivity index (χ3v) is 4.61. The van der Waals surface area contributed by atoms with Crippen molar-refractivity contribution in [1.82, 2.24) is 10.3 Å². The molecule has 6 heteroatoms. The van der Waals surface area contributed by atoms with Gasteiger partial charge in [0.05, 0.1) is 13.2 Å². The third-order valence-electron chi connectivity index (χ3n) is 4.36. The molecule has 0 unspecified atom stereocenters. The summed E-state index contributed by atoms with van der Waals surface area (Å²) in [4.78, 5) is 4.15. The molecule has 0 spiro atoms. The van der Waals surface area contributed by atoms with Gasteiger partial charge in [0.15, 0.2) is 11.5 Å². The lowest BCUT2D eigenvalue weighted by Gasteiger charge is -2.16. The average molecular weight is 427 g/mol. The van der Waals surface area contributed by atoms with E-state index in [2.05, 4.69) is 16.4 Å². The first-order valence-corrected chi connectivity index (χ1v) is 10.5. The summed E-state index contributed by atoms with van der Waals surface area (Å²) in [5.41, 5.74) is 2.11. The molecule has 0 saturated carbocycles. The van der Waals surface area contributed by atoms with Crippen LogP contribution in [0.2, 0.25) is 5.02 Å². The first-order chi connectivity index (χ1) is 14.8. The van der Waals surface area contributed by atoms with Crippen LogP contribution in [0.15, 0.2) is 66.9 Å². The highest BCUT2D eigenvalue weighted by Gasteiger charge is 2.11. The van der Waals surface area contributed by atoms with Crippen molar-refractivity contribution in [3.05, 3.63) is 83.0 Å². The zero-order valence-corrected chi connectivity index (χ0v) is 17.9. The molecule has 0 aliphatic rings. The summed E-state index contributed by atoms with van der Waals surface area (Å²) in [6.07, 6.45) is 2.60. The molecule has 1 heterocycles. The van der Waals surface area contributed by atoms with Gasteiger partial charge in [-0.1, -0.05) is 41.9 Å². The standard InChI is InChI=1S/C24H27ClN2O3/c1-2-28-22-8-5-7-20(24(22)30-18-19-10-12-21(25)13-11-19)17-26-14-6-16-29-23-9-3-4-15-27-23/h3-5,7-13,15,26H,2,6,14,16-18H2,1H3. The van der Waals surface area contributed by atoms with Gasteiger partial charge in [0, 0.05) is 29.4 Å². The van der Waals surface area contributed by atoms with Crippen LogP contribution in [-0.4, -0.2) is 24.7 Å². The van der Waals surface area contributed by atoms with E-state index in [0.717, 1.165) is 35.6 Å². The molecule has 5 nitrogen and oxygen atoms in total. The second-order valence-corrected chi connectivity index (χ2v) is 7.08. The van der Waals surface area contributed by atoms with Crippen LogP contribution in [0.5, 0.6) is 17.4 Å². The van der Waals surface area contributed by atoms with Crippen molar-refractivity contribution < 1.29 is 14.2 Å². The number of pyridine rings is 1. The van der Waals surface area contributed by atoms with Crippen LogP contribution in [0.4, 0.5) is 0 Å². The fraction of sp³-hybridized carbons (Fsp3) is 0.292. The molecule has 0 fully saturated rings. The highest BCUT2D eigenvalue weighted by Crippen LogP contribution is 2.32. The molecular weight excluding hydrogens is 400 g/mol. The maximum Gasteiger partial charge on any atom is 0.213 e. The number of hydrogen-bond donors (Lipinski definition) is 1. The highest BCUT2D eigenvalue weighted by molar-refractivity contribution is 6.30. The van der Waals surface area contributed by atoms with E-state index in [-0.39, 0.29) is 0 Å². The summed E-state index contributed by atoms with van der Waals surface area (Å²) >= 11 is 5.97. The molecule has 3 aromatic rings. The molecular formula is C24H27ClN2O3. The van der Waals surface area contributed by atoms with Crippen molar-refractivity contribution in [2.75, 3.05) is 19.8 Å². The number of halogens is 1. The fourth-order valence-electron chi connectivity index (χ4n) is 2.90. The van der Waals surface area contributed by atoms with Gasteiger partial charge in [-0.3, -0.25) is 0 Å². The molecule has 0 radical (unpaired) electrons. The Kier molecular flexibility index (Phi) is 8.81. The number of hydrogen-bond acceptors (Lipinski definition) is 5. The Labute approximate surface area is 183 Å². The summed E-state index contributed by atoms with van der Waals surface area (Å²) in [7, 11) is 0. The van der Waals surface area contributed by atoms with Crippen LogP contribution < -0.4 is 19.5 Å². The number of para-hydroxylation sites is 1. The van der Waals surface area contributed by atoms with E-state index < -0.39 is 0 Å². The number of rotatable bonds is 12. The normalized spacial score (nSPS) is 10.6. The lowest BCUT2D eigenvalue weighted by atomic mass is 10.1. The monoisotopic (exact) mass is 426 g/mol. The van der Waals surface area contributed by atoms with Crippen molar-refractivity contribution >= 4 is 11.6 Å². The van der Waals surface area contributed by atoms with Gasteiger partial charge in [0.2, 0.25) is 5.88 Å². The molecule has 1 N–H and O–H groups in total. The van der Waals surface area contributed by atoms with Gasteiger partial charge in [0.1, 0.15) is 6.61 Å². The molecule has 30 heavy (non-hydrogen) atoms. The third kappa shape index (κ3) is 6.94. The second kappa shape index (κ2) is 12.1. The van der Waals surface area contributed by atoms with Crippen molar-refractivity contribution in [3.8, 4) is 17.4 Å². The fourth-order valence-corrected chi connectivity index (χ4v) is 3.03. The molecule has 3 rings (SSSR count). The van der Waals surface area contributed by atoms with Crippen LogP contribution in [-0.2, 0) is 13.2 Å². The zero-order valence-electron chi connectivity index (χ0n) is 17.1. The summed E-state index contributed by atoms with van der Waals surface area (Å²) in [5.74, 6) is 2.18. The molecule has 2 aromatic carbocycles. The minimum Gasteiger partial charge on any atom is -0.490 e. The topological polar surface area (TPSA) is 52.6 Å². The maximum atomic E-state index is 6.14. The van der Waals surface area contributed by atoms with E-state index in [1.165, 1.54) is 0 Å². The minimum absolute atomic E-state index is 0.451. The van der Waals surface area contributed by atoms with Gasteiger partial charge >= 0.3 is 0 Å². The number of nitrogens with zero attached hydrogens (tertiary/aromatic N) is 1. The number of aromatic nitrogens is 1. The van der Waals surface area contributed by atoms with Crippen LogP contribution in [0, 0.1) is 0 Å². The maximum absolute atomic E-state index is 6.14. The van der Waals surface area contributed by atoms with E-state index in [0.29, 0.717) is 37.3 Å². The van der Waals surface area contributed by atoms with Crippen LogP contribution >= 0.6 is 11.6 Å². The van der Waals surface area contributed by atoms with Crippen molar-refractivity contribution in [1.29, 1.82) is 0 Å². The van der Waals surface area contributed by atoms with E-state index in [4.69, 9.17) is 25.8 Å². The lowest BCUT2D eigenvalue weighted by Crippen LogP contribution is -2.18. The van der Waals surface area contributed by atoms with Crippen molar-refractivity contribution in [2.24, 2.45) is 0 Å². The van der Waals surface area contributed by atoms with Gasteiger partial charge in [0.25, 0.3) is 0 Å². The van der Waals surface area contributed by atoms with E-state index in [1.807, 2.05) is 61.5 Å². The number of benzene rings is 2. The molecule has 158 valence electrons. The molecule has 0 bridgehead atoms. The molecule has 0 aliphatic carbocycles. The largest absolute Gasteiger partial charge is 0.490 e. The summed E-state index contributed by atoms with van der Waals surface area (Å²) in [5, 5.41) is 4.16. The first-order valence-electron chi connectivity index (χ1n) is 10.1. The minimum atomic E-state index is 0.451. The van der Waals surface area contributed by atoms with Gasteiger partial charge < -0.3 is 19.5 Å². The number of nitrogens with one attached hydrogen (secondary N) is 1. The van der Waals surface area contributed by atoms with Crippen LogP contribution in [0.25, 0.3) is 0 Å². The quantitative estimate of drug-likeness (QED) is 0.400. The molecule has 0 atom stereocenters.